The second kappa shape index (κ2) is 2.70. The summed E-state index contributed by atoms with van der Waals surface area (Å²) in [4.78, 5) is 0. The smallest absolute Gasteiger partial charge is 0.0370 e. The molecule has 3 N–H and O–H groups in total. The molecule has 0 heterocycles. The van der Waals surface area contributed by atoms with E-state index >= 15 is 0 Å². The summed E-state index contributed by atoms with van der Waals surface area (Å²) in [6, 6.07) is 7.55. The summed E-state index contributed by atoms with van der Waals surface area (Å²) in [5, 5.41) is 2.92. The van der Waals surface area contributed by atoms with Crippen LogP contribution in [0.25, 0.3) is 0 Å². The van der Waals surface area contributed by atoms with Crippen molar-refractivity contribution in [3.8, 4) is 0 Å². The summed E-state index contributed by atoms with van der Waals surface area (Å²) in [7, 11) is 2.42. The Bertz CT molecular complexity index is 183. The van der Waals surface area contributed by atoms with Gasteiger partial charge in [0, 0.05) is 11.4 Å². The zero-order valence-electron chi connectivity index (χ0n) is 4.96. The molecule has 1 atom stereocenters. The third kappa shape index (κ3) is 1.58. The van der Waals surface area contributed by atoms with Gasteiger partial charge in [0.1, 0.15) is 0 Å². The SMILES string of the molecule is Nc1ccc(NP)cc1. The van der Waals surface area contributed by atoms with Gasteiger partial charge in [-0.05, 0) is 33.7 Å². The highest BCUT2D eigenvalue weighted by Crippen LogP contribution is 2.11. The lowest BCUT2D eigenvalue weighted by molar-refractivity contribution is 1.67. The molecule has 1 unspecified atom stereocenters. The van der Waals surface area contributed by atoms with Crippen LogP contribution in [-0.2, 0) is 0 Å². The van der Waals surface area contributed by atoms with Crippen molar-refractivity contribution in [2.45, 2.75) is 0 Å². The van der Waals surface area contributed by atoms with Crippen LogP contribution in [0.5, 0.6) is 0 Å². The maximum absolute atomic E-state index is 5.45. The number of nitrogens with two attached hydrogens (primary N) is 1. The Balaban J connectivity index is 2.88. The largest absolute Gasteiger partial charge is 0.399 e. The number of nitrogen functional groups attached to an aromatic ring is 1. The predicted molar refractivity (Wildman–Crippen MR) is 44.2 cm³/mol. The van der Waals surface area contributed by atoms with Crippen molar-refractivity contribution < 1.29 is 0 Å². The van der Waals surface area contributed by atoms with Gasteiger partial charge in [0.05, 0.1) is 0 Å². The lowest BCUT2D eigenvalue weighted by atomic mass is 10.3. The fraction of sp³-hybridized carbons (Fsp3) is 0. The van der Waals surface area contributed by atoms with Crippen molar-refractivity contribution in [1.82, 2.24) is 0 Å². The minimum Gasteiger partial charge on any atom is -0.399 e. The molecule has 0 fully saturated rings. The van der Waals surface area contributed by atoms with Crippen LogP contribution in [-0.4, -0.2) is 0 Å². The average molecular weight is 140 g/mol. The molecule has 0 bridgehead atoms. The fourth-order valence-electron chi connectivity index (χ4n) is 0.579. The third-order valence-electron chi connectivity index (χ3n) is 1.08. The Labute approximate surface area is 56.7 Å². The second-order valence-electron chi connectivity index (χ2n) is 1.77. The van der Waals surface area contributed by atoms with E-state index in [0.29, 0.717) is 0 Å². The molecule has 0 aliphatic heterocycles. The summed E-state index contributed by atoms with van der Waals surface area (Å²) >= 11 is 0. The van der Waals surface area contributed by atoms with Crippen LogP contribution < -0.4 is 10.8 Å². The first kappa shape index (κ1) is 6.37. The van der Waals surface area contributed by atoms with Crippen LogP contribution in [0.15, 0.2) is 24.3 Å². The van der Waals surface area contributed by atoms with Gasteiger partial charge in [-0.3, -0.25) is 0 Å². The zero-order chi connectivity index (χ0) is 6.69. The van der Waals surface area contributed by atoms with Crippen molar-refractivity contribution in [2.24, 2.45) is 0 Å². The van der Waals surface area contributed by atoms with Gasteiger partial charge < -0.3 is 10.8 Å². The van der Waals surface area contributed by atoms with Crippen molar-refractivity contribution in [1.29, 1.82) is 0 Å². The summed E-state index contributed by atoms with van der Waals surface area (Å²) in [5.74, 6) is 0. The minimum absolute atomic E-state index is 0.791. The molecule has 1 aromatic carbocycles. The van der Waals surface area contributed by atoms with Crippen LogP contribution in [0.1, 0.15) is 0 Å². The number of anilines is 2. The van der Waals surface area contributed by atoms with Gasteiger partial charge in [0.25, 0.3) is 0 Å². The molecular formula is C6H9N2P. The zero-order valence-corrected chi connectivity index (χ0v) is 6.12. The second-order valence-corrected chi connectivity index (χ2v) is 2.06. The van der Waals surface area contributed by atoms with E-state index in [9.17, 15) is 0 Å². The molecule has 0 saturated carbocycles. The molecule has 1 aromatic rings. The van der Waals surface area contributed by atoms with Crippen LogP contribution in [0.2, 0.25) is 0 Å². The van der Waals surface area contributed by atoms with E-state index in [2.05, 4.69) is 14.5 Å². The fourth-order valence-corrected chi connectivity index (χ4v) is 0.772. The number of rotatable bonds is 1. The topological polar surface area (TPSA) is 38.0 Å². The van der Waals surface area contributed by atoms with E-state index < -0.39 is 0 Å². The quantitative estimate of drug-likeness (QED) is 0.458. The maximum Gasteiger partial charge on any atom is 0.0370 e. The Hall–Kier alpha value is -0.750. The highest BCUT2D eigenvalue weighted by atomic mass is 31.0. The molecule has 48 valence electrons. The van der Waals surface area contributed by atoms with E-state index in [0.717, 1.165) is 11.4 Å². The first-order chi connectivity index (χ1) is 4.33. The van der Waals surface area contributed by atoms with E-state index in [1.54, 1.807) is 0 Å². The molecule has 0 aliphatic carbocycles. The van der Waals surface area contributed by atoms with Crippen molar-refractivity contribution in [3.05, 3.63) is 24.3 Å². The molecule has 1 rings (SSSR count). The highest BCUT2D eigenvalue weighted by molar-refractivity contribution is 7.18. The molecule has 0 radical (unpaired) electrons. The third-order valence-corrected chi connectivity index (χ3v) is 1.41. The summed E-state index contributed by atoms with van der Waals surface area (Å²) in [6.45, 7) is 0. The normalized spacial score (nSPS) is 9.00. The molecule has 0 aromatic heterocycles. The van der Waals surface area contributed by atoms with Gasteiger partial charge in [-0.15, -0.1) is 0 Å². The monoisotopic (exact) mass is 140 g/mol. The molecule has 0 amide bonds. The van der Waals surface area contributed by atoms with E-state index in [1.165, 1.54) is 0 Å². The molecular weight excluding hydrogens is 131 g/mol. The maximum atomic E-state index is 5.45. The molecule has 0 saturated heterocycles. The molecule has 9 heavy (non-hydrogen) atoms. The number of benzene rings is 1. The van der Waals surface area contributed by atoms with Crippen LogP contribution in [0.3, 0.4) is 0 Å². The standard InChI is InChI=1S/C6H9N2P/c7-5-1-3-6(8-9)4-2-5/h1-4,8H,7,9H2. The predicted octanol–water partition coefficient (Wildman–Crippen LogP) is 1.47. The highest BCUT2D eigenvalue weighted by Gasteiger charge is 1.84. The summed E-state index contributed by atoms with van der Waals surface area (Å²) in [6.07, 6.45) is 0. The van der Waals surface area contributed by atoms with E-state index in [1.807, 2.05) is 24.3 Å². The Morgan fingerprint density at radius 2 is 1.78 bits per heavy atom. The molecule has 2 nitrogen and oxygen atoms in total. The van der Waals surface area contributed by atoms with E-state index in [4.69, 9.17) is 5.73 Å². The van der Waals surface area contributed by atoms with Gasteiger partial charge in [0.15, 0.2) is 0 Å². The van der Waals surface area contributed by atoms with Gasteiger partial charge in [-0.25, -0.2) is 0 Å². The van der Waals surface area contributed by atoms with Gasteiger partial charge in [-0.1, -0.05) is 0 Å². The van der Waals surface area contributed by atoms with Crippen LogP contribution >= 0.6 is 9.39 Å². The first-order valence-electron chi connectivity index (χ1n) is 2.65. The molecule has 0 spiro atoms. The van der Waals surface area contributed by atoms with Gasteiger partial charge in [0.2, 0.25) is 0 Å². The Kier molecular flexibility index (Phi) is 1.91. The summed E-state index contributed by atoms with van der Waals surface area (Å²) in [5.41, 5.74) is 7.29. The van der Waals surface area contributed by atoms with Crippen molar-refractivity contribution >= 4 is 20.8 Å². The number of hydrogen-bond donors (Lipinski definition) is 2. The van der Waals surface area contributed by atoms with Crippen LogP contribution in [0.4, 0.5) is 11.4 Å². The average Bonchev–Trinajstić information content (AvgIpc) is 1.90. The van der Waals surface area contributed by atoms with Gasteiger partial charge in [-0.2, -0.15) is 0 Å². The Morgan fingerprint density at radius 1 is 1.22 bits per heavy atom. The number of hydrogen-bond acceptors (Lipinski definition) is 2. The van der Waals surface area contributed by atoms with E-state index in [-0.39, 0.29) is 0 Å². The molecule has 3 heteroatoms. The first-order valence-corrected chi connectivity index (χ1v) is 3.23. The van der Waals surface area contributed by atoms with Crippen LogP contribution in [0, 0.1) is 0 Å². The molecule has 0 aliphatic rings. The lowest BCUT2D eigenvalue weighted by Gasteiger charge is -1.97. The van der Waals surface area contributed by atoms with Crippen molar-refractivity contribution in [3.63, 3.8) is 0 Å². The summed E-state index contributed by atoms with van der Waals surface area (Å²) < 4.78 is 0. The Morgan fingerprint density at radius 3 is 2.22 bits per heavy atom. The lowest BCUT2D eigenvalue weighted by Crippen LogP contribution is -1.83. The van der Waals surface area contributed by atoms with Gasteiger partial charge >= 0.3 is 0 Å². The van der Waals surface area contributed by atoms with Crippen molar-refractivity contribution in [2.75, 3.05) is 10.8 Å². The minimum atomic E-state index is 0.791. The number of nitrogens with one attached hydrogen (secondary N) is 1.